The van der Waals surface area contributed by atoms with Crippen molar-refractivity contribution in [2.75, 3.05) is 19.0 Å². The van der Waals surface area contributed by atoms with E-state index in [2.05, 4.69) is 10.3 Å². The Balaban J connectivity index is 1.83. The number of ether oxygens (including phenoxy) is 2. The SMILES string of the molecule is COC(=O)c1cc(OCC(=O)Nc2cccc(Cl)c2)c2cc(C)ccc2n1. The Morgan fingerprint density at radius 2 is 1.96 bits per heavy atom. The summed E-state index contributed by atoms with van der Waals surface area (Å²) in [5.41, 5.74) is 2.26. The minimum atomic E-state index is -0.578. The van der Waals surface area contributed by atoms with E-state index in [0.717, 1.165) is 5.56 Å². The second kappa shape index (κ2) is 8.05. The van der Waals surface area contributed by atoms with Gasteiger partial charge in [0.25, 0.3) is 5.91 Å². The molecular weight excluding hydrogens is 368 g/mol. The number of anilines is 1. The molecule has 138 valence electrons. The summed E-state index contributed by atoms with van der Waals surface area (Å²) in [6.45, 7) is 1.70. The lowest BCUT2D eigenvalue weighted by molar-refractivity contribution is -0.118. The first-order valence-electron chi connectivity index (χ1n) is 8.14. The first-order valence-corrected chi connectivity index (χ1v) is 8.52. The van der Waals surface area contributed by atoms with Crippen molar-refractivity contribution in [1.29, 1.82) is 0 Å². The smallest absolute Gasteiger partial charge is 0.356 e. The fourth-order valence-corrected chi connectivity index (χ4v) is 2.73. The van der Waals surface area contributed by atoms with Crippen LogP contribution in [0.1, 0.15) is 16.1 Å². The molecule has 0 aliphatic heterocycles. The molecular formula is C20H17ClN2O4. The van der Waals surface area contributed by atoms with E-state index in [0.29, 0.717) is 27.4 Å². The Labute approximate surface area is 161 Å². The molecule has 0 spiro atoms. The highest BCUT2D eigenvalue weighted by molar-refractivity contribution is 6.30. The van der Waals surface area contributed by atoms with Crippen molar-refractivity contribution in [3.8, 4) is 5.75 Å². The first kappa shape index (κ1) is 18.7. The van der Waals surface area contributed by atoms with E-state index in [-0.39, 0.29) is 18.2 Å². The van der Waals surface area contributed by atoms with Gasteiger partial charge in [0.15, 0.2) is 12.3 Å². The number of pyridine rings is 1. The zero-order valence-corrected chi connectivity index (χ0v) is 15.5. The van der Waals surface area contributed by atoms with Gasteiger partial charge in [0, 0.05) is 22.2 Å². The third-order valence-corrected chi connectivity index (χ3v) is 4.02. The Morgan fingerprint density at radius 3 is 2.70 bits per heavy atom. The summed E-state index contributed by atoms with van der Waals surface area (Å²) in [6, 6.07) is 13.8. The summed E-state index contributed by atoms with van der Waals surface area (Å²) in [6.07, 6.45) is 0. The highest BCUT2D eigenvalue weighted by atomic mass is 35.5. The molecule has 0 fully saturated rings. The number of halogens is 1. The van der Waals surface area contributed by atoms with Crippen LogP contribution in [-0.4, -0.2) is 30.6 Å². The highest BCUT2D eigenvalue weighted by Crippen LogP contribution is 2.27. The van der Waals surface area contributed by atoms with Crippen LogP contribution in [0.25, 0.3) is 10.9 Å². The summed E-state index contributed by atoms with van der Waals surface area (Å²) in [5.74, 6) is -0.550. The molecule has 7 heteroatoms. The molecule has 0 aliphatic carbocycles. The van der Waals surface area contributed by atoms with Crippen LogP contribution in [0.2, 0.25) is 5.02 Å². The predicted octanol–water partition coefficient (Wildman–Crippen LogP) is 4.00. The zero-order valence-electron chi connectivity index (χ0n) is 14.8. The van der Waals surface area contributed by atoms with E-state index in [4.69, 9.17) is 21.1 Å². The monoisotopic (exact) mass is 384 g/mol. The molecule has 0 saturated heterocycles. The number of hydrogen-bond donors (Lipinski definition) is 1. The number of aromatic nitrogens is 1. The van der Waals surface area contributed by atoms with Crippen molar-refractivity contribution in [2.24, 2.45) is 0 Å². The minimum absolute atomic E-state index is 0.110. The van der Waals surface area contributed by atoms with Gasteiger partial charge < -0.3 is 14.8 Å². The molecule has 1 heterocycles. The number of esters is 1. The summed E-state index contributed by atoms with van der Waals surface area (Å²) >= 11 is 5.91. The van der Waals surface area contributed by atoms with E-state index in [1.54, 1.807) is 30.3 Å². The lowest BCUT2D eigenvalue weighted by Gasteiger charge is -2.12. The molecule has 0 bridgehead atoms. The zero-order chi connectivity index (χ0) is 19.4. The fraction of sp³-hybridized carbons (Fsp3) is 0.150. The second-order valence-electron chi connectivity index (χ2n) is 5.87. The second-order valence-corrected chi connectivity index (χ2v) is 6.30. The van der Waals surface area contributed by atoms with Gasteiger partial charge in [0.05, 0.1) is 12.6 Å². The molecule has 27 heavy (non-hydrogen) atoms. The van der Waals surface area contributed by atoms with E-state index in [9.17, 15) is 9.59 Å². The molecule has 1 aromatic heterocycles. The van der Waals surface area contributed by atoms with Crippen LogP contribution in [0, 0.1) is 6.92 Å². The van der Waals surface area contributed by atoms with Gasteiger partial charge in [-0.15, -0.1) is 0 Å². The van der Waals surface area contributed by atoms with Gasteiger partial charge in [-0.05, 0) is 37.3 Å². The summed E-state index contributed by atoms with van der Waals surface area (Å²) in [4.78, 5) is 28.3. The number of carbonyl (C=O) groups excluding carboxylic acids is 2. The van der Waals surface area contributed by atoms with E-state index < -0.39 is 5.97 Å². The molecule has 2 aromatic carbocycles. The molecule has 0 aliphatic rings. The standard InChI is InChI=1S/C20H17ClN2O4/c1-12-6-7-16-15(8-12)18(10-17(23-16)20(25)26-2)27-11-19(24)22-14-5-3-4-13(21)9-14/h3-10H,11H2,1-2H3,(H,22,24). The molecule has 6 nitrogen and oxygen atoms in total. The summed E-state index contributed by atoms with van der Waals surface area (Å²) in [7, 11) is 1.28. The molecule has 3 aromatic rings. The largest absolute Gasteiger partial charge is 0.483 e. The van der Waals surface area contributed by atoms with Gasteiger partial charge in [-0.2, -0.15) is 0 Å². The van der Waals surface area contributed by atoms with Gasteiger partial charge in [-0.25, -0.2) is 9.78 Å². The van der Waals surface area contributed by atoms with Crippen molar-refractivity contribution < 1.29 is 19.1 Å². The molecule has 3 rings (SSSR count). The van der Waals surface area contributed by atoms with Crippen LogP contribution in [0.3, 0.4) is 0 Å². The summed E-state index contributed by atoms with van der Waals surface area (Å²) in [5, 5.41) is 3.93. The number of aryl methyl sites for hydroxylation is 1. The Kier molecular flexibility index (Phi) is 5.57. The average molecular weight is 385 g/mol. The van der Waals surface area contributed by atoms with Crippen molar-refractivity contribution >= 4 is 40.1 Å². The molecule has 1 N–H and O–H groups in total. The van der Waals surface area contributed by atoms with Gasteiger partial charge in [0.1, 0.15) is 5.75 Å². The number of amides is 1. The minimum Gasteiger partial charge on any atom is -0.483 e. The van der Waals surface area contributed by atoms with Crippen LogP contribution in [0.4, 0.5) is 5.69 Å². The van der Waals surface area contributed by atoms with Crippen LogP contribution in [0.5, 0.6) is 5.75 Å². The maximum Gasteiger partial charge on any atom is 0.356 e. The van der Waals surface area contributed by atoms with Crippen molar-refractivity contribution in [1.82, 2.24) is 4.98 Å². The number of methoxy groups -OCH3 is 1. The Hall–Kier alpha value is -3.12. The average Bonchev–Trinajstić information content (AvgIpc) is 2.65. The van der Waals surface area contributed by atoms with Crippen LogP contribution in [0.15, 0.2) is 48.5 Å². The number of fused-ring (bicyclic) bond motifs is 1. The number of rotatable bonds is 5. The number of benzene rings is 2. The predicted molar refractivity (Wildman–Crippen MR) is 103 cm³/mol. The van der Waals surface area contributed by atoms with Crippen LogP contribution in [-0.2, 0) is 9.53 Å². The Morgan fingerprint density at radius 1 is 1.15 bits per heavy atom. The highest BCUT2D eigenvalue weighted by Gasteiger charge is 2.14. The van der Waals surface area contributed by atoms with Crippen LogP contribution < -0.4 is 10.1 Å². The first-order chi connectivity index (χ1) is 13.0. The third kappa shape index (κ3) is 4.54. The number of nitrogens with zero attached hydrogens (tertiary/aromatic N) is 1. The number of hydrogen-bond acceptors (Lipinski definition) is 5. The van der Waals surface area contributed by atoms with Gasteiger partial charge in [-0.1, -0.05) is 29.3 Å². The lowest BCUT2D eigenvalue weighted by atomic mass is 10.1. The maximum atomic E-state index is 12.2. The number of carbonyl (C=O) groups is 2. The van der Waals surface area contributed by atoms with Gasteiger partial charge in [0.2, 0.25) is 0 Å². The van der Waals surface area contributed by atoms with E-state index in [1.165, 1.54) is 13.2 Å². The maximum absolute atomic E-state index is 12.2. The van der Waals surface area contributed by atoms with Crippen molar-refractivity contribution in [3.63, 3.8) is 0 Å². The van der Waals surface area contributed by atoms with Gasteiger partial charge >= 0.3 is 5.97 Å². The quantitative estimate of drug-likeness (QED) is 0.673. The molecule has 0 saturated carbocycles. The lowest BCUT2D eigenvalue weighted by Crippen LogP contribution is -2.20. The molecule has 0 atom stereocenters. The third-order valence-electron chi connectivity index (χ3n) is 3.79. The van der Waals surface area contributed by atoms with E-state index in [1.807, 2.05) is 19.1 Å². The molecule has 0 unspecified atom stereocenters. The number of nitrogens with one attached hydrogen (secondary N) is 1. The molecule has 1 amide bonds. The van der Waals surface area contributed by atoms with Crippen LogP contribution >= 0.6 is 11.6 Å². The van der Waals surface area contributed by atoms with Gasteiger partial charge in [-0.3, -0.25) is 4.79 Å². The van der Waals surface area contributed by atoms with E-state index >= 15 is 0 Å². The molecule has 0 radical (unpaired) electrons. The normalized spacial score (nSPS) is 10.5. The Bertz CT molecular complexity index is 1020. The topological polar surface area (TPSA) is 77.5 Å². The summed E-state index contributed by atoms with van der Waals surface area (Å²) < 4.78 is 10.4. The van der Waals surface area contributed by atoms with Crippen molar-refractivity contribution in [3.05, 3.63) is 64.8 Å². The van der Waals surface area contributed by atoms with Crippen molar-refractivity contribution in [2.45, 2.75) is 6.92 Å². The fourth-order valence-electron chi connectivity index (χ4n) is 2.54.